The van der Waals surface area contributed by atoms with Gasteiger partial charge in [-0.3, -0.25) is 24.5 Å². The van der Waals surface area contributed by atoms with Gasteiger partial charge in [0.05, 0.1) is 0 Å². The van der Waals surface area contributed by atoms with E-state index in [4.69, 9.17) is 0 Å². The molecule has 7 heteroatoms. The summed E-state index contributed by atoms with van der Waals surface area (Å²) < 4.78 is 0. The van der Waals surface area contributed by atoms with E-state index in [0.717, 1.165) is 11.4 Å². The van der Waals surface area contributed by atoms with E-state index in [9.17, 15) is 9.59 Å². The Balaban J connectivity index is 1.49. The molecule has 0 aromatic carbocycles. The summed E-state index contributed by atoms with van der Waals surface area (Å²) in [6.07, 6.45) is 6.16. The molecule has 2 N–H and O–H groups in total. The predicted octanol–water partition coefficient (Wildman–Crippen LogP) is 1.82. The fourth-order valence-corrected chi connectivity index (χ4v) is 2.59. The molecular formula is C21H21N5O2. The summed E-state index contributed by atoms with van der Waals surface area (Å²) in [6.45, 7) is 0.905. The van der Waals surface area contributed by atoms with Crippen LogP contribution in [0.5, 0.6) is 0 Å². The molecule has 2 amide bonds. The molecule has 3 aromatic rings. The van der Waals surface area contributed by atoms with Gasteiger partial charge in [0.2, 0.25) is 0 Å². The summed E-state index contributed by atoms with van der Waals surface area (Å²) in [5, 5.41) is 5.63. The van der Waals surface area contributed by atoms with Crippen LogP contribution in [0.3, 0.4) is 0 Å². The summed E-state index contributed by atoms with van der Waals surface area (Å²) >= 11 is 0. The minimum Gasteiger partial charge on any atom is -0.352 e. The zero-order valence-corrected chi connectivity index (χ0v) is 15.3. The van der Waals surface area contributed by atoms with Crippen LogP contribution in [0.1, 0.15) is 32.2 Å². The van der Waals surface area contributed by atoms with Crippen LogP contribution in [0, 0.1) is 0 Å². The fourth-order valence-electron chi connectivity index (χ4n) is 2.59. The number of nitrogens with zero attached hydrogens (tertiary/aromatic N) is 3. The van der Waals surface area contributed by atoms with E-state index in [2.05, 4.69) is 25.6 Å². The molecule has 0 aliphatic carbocycles. The molecule has 0 spiro atoms. The van der Waals surface area contributed by atoms with E-state index in [-0.39, 0.29) is 17.5 Å². The molecule has 0 aliphatic heterocycles. The Morgan fingerprint density at radius 2 is 1.32 bits per heavy atom. The molecule has 0 atom stereocenters. The molecule has 142 valence electrons. The highest BCUT2D eigenvalue weighted by Crippen LogP contribution is 2.03. The van der Waals surface area contributed by atoms with E-state index >= 15 is 0 Å². The number of carbonyl (C=O) groups excluding carboxylic acids is 2. The lowest BCUT2D eigenvalue weighted by atomic mass is 10.2. The van der Waals surface area contributed by atoms with Crippen LogP contribution < -0.4 is 10.6 Å². The van der Waals surface area contributed by atoms with Crippen molar-refractivity contribution >= 4 is 11.8 Å². The van der Waals surface area contributed by atoms with Gasteiger partial charge >= 0.3 is 0 Å². The number of pyridine rings is 3. The van der Waals surface area contributed by atoms with Crippen LogP contribution in [0.25, 0.3) is 0 Å². The van der Waals surface area contributed by atoms with Crippen molar-refractivity contribution in [2.75, 3.05) is 13.1 Å². The molecule has 0 aliphatic rings. The summed E-state index contributed by atoms with van der Waals surface area (Å²) in [5.41, 5.74) is 2.41. The quantitative estimate of drug-likeness (QED) is 0.626. The Bertz CT molecular complexity index is 844. The third-order valence-electron chi connectivity index (χ3n) is 4.04. The maximum Gasteiger partial charge on any atom is 0.269 e. The first kappa shape index (κ1) is 19.2. The first-order valence-corrected chi connectivity index (χ1v) is 9.04. The van der Waals surface area contributed by atoms with Crippen molar-refractivity contribution in [3.05, 3.63) is 89.8 Å². The number of carbonyl (C=O) groups is 2. The zero-order valence-electron chi connectivity index (χ0n) is 15.3. The Kier molecular flexibility index (Phi) is 6.78. The van der Waals surface area contributed by atoms with Crippen LogP contribution in [0.4, 0.5) is 0 Å². The summed E-state index contributed by atoms with van der Waals surface area (Å²) in [7, 11) is 0. The summed E-state index contributed by atoms with van der Waals surface area (Å²) in [5.74, 6) is -0.570. The first-order chi connectivity index (χ1) is 13.7. The molecular weight excluding hydrogens is 354 g/mol. The van der Waals surface area contributed by atoms with Crippen molar-refractivity contribution in [3.63, 3.8) is 0 Å². The number of hydrogen-bond acceptors (Lipinski definition) is 5. The summed E-state index contributed by atoms with van der Waals surface area (Å²) in [4.78, 5) is 37.1. The highest BCUT2D eigenvalue weighted by atomic mass is 16.2. The second-order valence-electron chi connectivity index (χ2n) is 6.08. The molecule has 7 nitrogen and oxygen atoms in total. The van der Waals surface area contributed by atoms with Gasteiger partial charge in [-0.25, -0.2) is 0 Å². The van der Waals surface area contributed by atoms with Crippen molar-refractivity contribution in [1.29, 1.82) is 0 Å². The van der Waals surface area contributed by atoms with Gasteiger partial charge in [-0.2, -0.15) is 0 Å². The van der Waals surface area contributed by atoms with Gasteiger partial charge in [-0.1, -0.05) is 12.1 Å². The number of nitrogens with one attached hydrogen (secondary N) is 2. The molecule has 3 heterocycles. The maximum atomic E-state index is 12.3. The maximum absolute atomic E-state index is 12.3. The number of hydrogen-bond donors (Lipinski definition) is 2. The molecule has 3 rings (SSSR count). The van der Waals surface area contributed by atoms with Crippen LogP contribution in [-0.2, 0) is 12.8 Å². The predicted molar refractivity (Wildman–Crippen MR) is 105 cm³/mol. The lowest BCUT2D eigenvalue weighted by Gasteiger charge is -2.07. The average Bonchev–Trinajstić information content (AvgIpc) is 2.75. The first-order valence-electron chi connectivity index (χ1n) is 9.04. The Labute approximate surface area is 163 Å². The van der Waals surface area contributed by atoms with Gasteiger partial charge in [-0.05, 0) is 36.4 Å². The van der Waals surface area contributed by atoms with Gasteiger partial charge in [0.1, 0.15) is 5.69 Å². The normalized spacial score (nSPS) is 10.3. The van der Waals surface area contributed by atoms with Gasteiger partial charge in [0.15, 0.2) is 0 Å². The topological polar surface area (TPSA) is 96.9 Å². The molecule has 0 fully saturated rings. The highest BCUT2D eigenvalue weighted by molar-refractivity contribution is 5.98. The van der Waals surface area contributed by atoms with Crippen molar-refractivity contribution in [2.24, 2.45) is 0 Å². The molecule has 28 heavy (non-hydrogen) atoms. The zero-order chi connectivity index (χ0) is 19.6. The van der Waals surface area contributed by atoms with E-state index in [0.29, 0.717) is 31.5 Å². The minimum absolute atomic E-state index is 0.207. The molecule has 0 radical (unpaired) electrons. The van der Waals surface area contributed by atoms with Gasteiger partial charge in [-0.15, -0.1) is 0 Å². The monoisotopic (exact) mass is 375 g/mol. The Hall–Kier alpha value is -3.61. The molecule has 0 saturated carbocycles. The smallest absolute Gasteiger partial charge is 0.269 e. The number of aromatic nitrogens is 3. The van der Waals surface area contributed by atoms with Crippen molar-refractivity contribution in [2.45, 2.75) is 12.8 Å². The van der Waals surface area contributed by atoms with E-state index < -0.39 is 0 Å². The molecule has 0 saturated heterocycles. The van der Waals surface area contributed by atoms with Crippen LogP contribution >= 0.6 is 0 Å². The Morgan fingerprint density at radius 1 is 0.714 bits per heavy atom. The van der Waals surface area contributed by atoms with Gasteiger partial charge in [0.25, 0.3) is 11.8 Å². The van der Waals surface area contributed by atoms with E-state index in [1.54, 1.807) is 18.5 Å². The standard InChI is InChI=1S/C21H21N5O2/c27-20(25-13-8-17-5-1-3-10-22-17)16-7-12-24-19(15-16)21(28)26-14-9-18-6-2-4-11-23-18/h1-7,10-12,15H,8-9,13-14H2,(H,25,27)(H,26,28). The highest BCUT2D eigenvalue weighted by Gasteiger charge is 2.11. The minimum atomic E-state index is -0.320. The average molecular weight is 375 g/mol. The van der Waals surface area contributed by atoms with Crippen molar-refractivity contribution in [3.8, 4) is 0 Å². The second kappa shape index (κ2) is 9.91. The van der Waals surface area contributed by atoms with Crippen molar-refractivity contribution in [1.82, 2.24) is 25.6 Å². The van der Waals surface area contributed by atoms with Crippen molar-refractivity contribution < 1.29 is 9.59 Å². The molecule has 0 bridgehead atoms. The summed E-state index contributed by atoms with van der Waals surface area (Å²) in [6, 6.07) is 14.4. The van der Waals surface area contributed by atoms with Crippen LogP contribution in [-0.4, -0.2) is 39.9 Å². The Morgan fingerprint density at radius 3 is 1.89 bits per heavy atom. The number of amides is 2. The lowest BCUT2D eigenvalue weighted by Crippen LogP contribution is -2.28. The molecule has 0 unspecified atom stereocenters. The van der Waals surface area contributed by atoms with E-state index in [1.807, 2.05) is 36.4 Å². The van der Waals surface area contributed by atoms with Gasteiger partial charge < -0.3 is 10.6 Å². The molecule has 3 aromatic heterocycles. The fraction of sp³-hybridized carbons (Fsp3) is 0.190. The van der Waals surface area contributed by atoms with Crippen LogP contribution in [0.2, 0.25) is 0 Å². The largest absolute Gasteiger partial charge is 0.352 e. The third kappa shape index (κ3) is 5.70. The number of rotatable bonds is 8. The van der Waals surface area contributed by atoms with Crippen LogP contribution in [0.15, 0.2) is 67.1 Å². The SMILES string of the molecule is O=C(NCCc1ccccn1)c1ccnc(C(=O)NCCc2ccccn2)c1. The third-order valence-corrected chi connectivity index (χ3v) is 4.04. The van der Waals surface area contributed by atoms with Gasteiger partial charge in [0, 0.05) is 61.5 Å². The second-order valence-corrected chi connectivity index (χ2v) is 6.08. The van der Waals surface area contributed by atoms with E-state index in [1.165, 1.54) is 12.3 Å². The lowest BCUT2D eigenvalue weighted by molar-refractivity contribution is 0.0949.